The van der Waals surface area contributed by atoms with Crippen LogP contribution < -0.4 is 0 Å². The SMILES string of the molecule is CC(C)(C1CCCCC1)C(O)c1c(F)c(Cl)cc2cn[nH]c12. The number of benzene rings is 1. The first-order chi connectivity index (χ1) is 10.4. The smallest absolute Gasteiger partial charge is 0.149 e. The number of rotatable bonds is 3. The van der Waals surface area contributed by atoms with Crippen LogP contribution in [0.2, 0.25) is 5.02 Å². The van der Waals surface area contributed by atoms with Crippen molar-refractivity contribution in [1.82, 2.24) is 10.2 Å². The summed E-state index contributed by atoms with van der Waals surface area (Å²) in [7, 11) is 0. The fourth-order valence-electron chi connectivity index (χ4n) is 3.76. The molecule has 0 bridgehead atoms. The second-order valence-corrected chi connectivity index (χ2v) is 7.39. The van der Waals surface area contributed by atoms with E-state index in [-0.39, 0.29) is 10.6 Å². The molecule has 0 saturated heterocycles. The van der Waals surface area contributed by atoms with E-state index in [1.807, 2.05) is 13.8 Å². The van der Waals surface area contributed by atoms with Crippen molar-refractivity contribution in [2.45, 2.75) is 52.1 Å². The first kappa shape index (κ1) is 15.8. The van der Waals surface area contributed by atoms with Crippen LogP contribution in [-0.2, 0) is 0 Å². The molecule has 1 aliphatic carbocycles. The molecule has 1 heterocycles. The van der Waals surface area contributed by atoms with Gasteiger partial charge in [-0.15, -0.1) is 0 Å². The summed E-state index contributed by atoms with van der Waals surface area (Å²) in [5.74, 6) is -0.164. The summed E-state index contributed by atoms with van der Waals surface area (Å²) in [5.41, 5.74) is 0.373. The lowest BCUT2D eigenvalue weighted by Crippen LogP contribution is -2.33. The Morgan fingerprint density at radius 3 is 2.73 bits per heavy atom. The van der Waals surface area contributed by atoms with Gasteiger partial charge >= 0.3 is 0 Å². The van der Waals surface area contributed by atoms with Crippen molar-refractivity contribution < 1.29 is 9.50 Å². The highest BCUT2D eigenvalue weighted by atomic mass is 35.5. The molecule has 0 radical (unpaired) electrons. The zero-order valence-electron chi connectivity index (χ0n) is 13.0. The Morgan fingerprint density at radius 1 is 1.36 bits per heavy atom. The van der Waals surface area contributed by atoms with E-state index < -0.39 is 17.3 Å². The standard InChI is InChI=1S/C17H22ClFN2O/c1-17(2,11-6-4-3-5-7-11)16(22)13-14(19)12(18)8-10-9-20-21-15(10)13/h8-9,11,16,22H,3-7H2,1-2H3,(H,20,21). The number of hydrogen-bond donors (Lipinski definition) is 2. The molecule has 1 aromatic carbocycles. The molecule has 2 N–H and O–H groups in total. The number of fused-ring (bicyclic) bond motifs is 1. The third kappa shape index (κ3) is 2.52. The highest BCUT2D eigenvalue weighted by molar-refractivity contribution is 6.31. The van der Waals surface area contributed by atoms with Crippen LogP contribution in [0.15, 0.2) is 12.3 Å². The molecule has 3 rings (SSSR count). The van der Waals surface area contributed by atoms with Crippen molar-refractivity contribution in [2.24, 2.45) is 11.3 Å². The Kier molecular flexibility index (Phi) is 4.17. The predicted molar refractivity (Wildman–Crippen MR) is 86.4 cm³/mol. The zero-order valence-corrected chi connectivity index (χ0v) is 13.8. The van der Waals surface area contributed by atoms with Crippen molar-refractivity contribution >= 4 is 22.5 Å². The van der Waals surface area contributed by atoms with Crippen LogP contribution in [0.25, 0.3) is 10.9 Å². The largest absolute Gasteiger partial charge is 0.388 e. The van der Waals surface area contributed by atoms with Gasteiger partial charge in [0.15, 0.2) is 0 Å². The van der Waals surface area contributed by atoms with Crippen LogP contribution in [0.5, 0.6) is 0 Å². The number of H-pyrrole nitrogens is 1. The molecule has 0 aliphatic heterocycles. The van der Waals surface area contributed by atoms with E-state index in [1.54, 1.807) is 12.3 Å². The van der Waals surface area contributed by atoms with E-state index in [0.717, 1.165) is 18.2 Å². The lowest BCUT2D eigenvalue weighted by Gasteiger charge is -2.41. The summed E-state index contributed by atoms with van der Waals surface area (Å²) in [4.78, 5) is 0. The van der Waals surface area contributed by atoms with Crippen molar-refractivity contribution in [1.29, 1.82) is 0 Å². The van der Waals surface area contributed by atoms with E-state index in [2.05, 4.69) is 10.2 Å². The number of nitrogens with one attached hydrogen (secondary N) is 1. The molecule has 1 aliphatic rings. The number of hydrogen-bond acceptors (Lipinski definition) is 2. The lowest BCUT2D eigenvalue weighted by molar-refractivity contribution is -0.00980. The number of halogens is 2. The molecule has 1 saturated carbocycles. The summed E-state index contributed by atoms with van der Waals surface area (Å²) in [5, 5.41) is 18.5. The van der Waals surface area contributed by atoms with Gasteiger partial charge < -0.3 is 5.11 Å². The Labute approximate surface area is 134 Å². The van der Waals surface area contributed by atoms with E-state index >= 15 is 0 Å². The summed E-state index contributed by atoms with van der Waals surface area (Å²) >= 11 is 6.00. The molecule has 1 fully saturated rings. The summed E-state index contributed by atoms with van der Waals surface area (Å²) < 4.78 is 14.6. The van der Waals surface area contributed by atoms with Gasteiger partial charge in [0, 0.05) is 10.9 Å². The second-order valence-electron chi connectivity index (χ2n) is 6.98. The molecule has 0 spiro atoms. The number of aliphatic hydroxyl groups is 1. The van der Waals surface area contributed by atoms with Crippen LogP contribution in [0.1, 0.15) is 57.6 Å². The van der Waals surface area contributed by atoms with Crippen molar-refractivity contribution in [3.8, 4) is 0 Å². The number of aromatic nitrogens is 2. The number of aliphatic hydroxyl groups excluding tert-OH is 1. The summed E-state index contributed by atoms with van der Waals surface area (Å²) in [6.45, 7) is 4.05. The average Bonchev–Trinajstić information content (AvgIpc) is 2.96. The van der Waals surface area contributed by atoms with Gasteiger partial charge in [-0.3, -0.25) is 5.10 Å². The van der Waals surface area contributed by atoms with Gasteiger partial charge in [0.05, 0.1) is 22.8 Å². The van der Waals surface area contributed by atoms with Crippen molar-refractivity contribution in [3.63, 3.8) is 0 Å². The maximum Gasteiger partial charge on any atom is 0.149 e. The summed E-state index contributed by atoms with van der Waals surface area (Å²) in [6.07, 6.45) is 6.45. The Bertz CT molecular complexity index is 677. The van der Waals surface area contributed by atoms with E-state index in [9.17, 15) is 9.50 Å². The minimum absolute atomic E-state index is 0.0300. The van der Waals surface area contributed by atoms with Crippen molar-refractivity contribution in [3.05, 3.63) is 28.7 Å². The highest BCUT2D eigenvalue weighted by Crippen LogP contribution is 2.48. The van der Waals surface area contributed by atoms with E-state index in [4.69, 9.17) is 11.6 Å². The maximum atomic E-state index is 14.6. The van der Waals surface area contributed by atoms with Gasteiger partial charge in [0.25, 0.3) is 0 Å². The van der Waals surface area contributed by atoms with Crippen LogP contribution >= 0.6 is 11.6 Å². The van der Waals surface area contributed by atoms with Crippen molar-refractivity contribution in [2.75, 3.05) is 0 Å². The minimum atomic E-state index is -0.919. The molecule has 1 unspecified atom stereocenters. The molecule has 5 heteroatoms. The molecule has 1 aromatic heterocycles. The number of aromatic amines is 1. The molecular weight excluding hydrogens is 303 g/mol. The van der Waals surface area contributed by atoms with Gasteiger partial charge in [-0.2, -0.15) is 5.10 Å². The monoisotopic (exact) mass is 324 g/mol. The first-order valence-corrected chi connectivity index (χ1v) is 8.29. The fourth-order valence-corrected chi connectivity index (χ4v) is 3.98. The van der Waals surface area contributed by atoms with E-state index in [1.165, 1.54) is 19.3 Å². The van der Waals surface area contributed by atoms with Crippen LogP contribution in [-0.4, -0.2) is 15.3 Å². The molecule has 120 valence electrons. The molecule has 22 heavy (non-hydrogen) atoms. The zero-order chi connectivity index (χ0) is 15.9. The first-order valence-electron chi connectivity index (χ1n) is 7.92. The van der Waals surface area contributed by atoms with Gasteiger partial charge in [-0.25, -0.2) is 4.39 Å². The quantitative estimate of drug-likeness (QED) is 0.835. The average molecular weight is 325 g/mol. The van der Waals surface area contributed by atoms with Crippen LogP contribution in [0.3, 0.4) is 0 Å². The highest BCUT2D eigenvalue weighted by Gasteiger charge is 2.40. The molecule has 2 aromatic rings. The summed E-state index contributed by atoms with van der Waals surface area (Å²) in [6, 6.07) is 1.54. The van der Waals surface area contributed by atoms with Gasteiger partial charge in [0.1, 0.15) is 5.82 Å². The molecular formula is C17H22ClFN2O. The third-order valence-electron chi connectivity index (χ3n) is 5.30. The predicted octanol–water partition coefficient (Wildman–Crippen LogP) is 5.00. The number of nitrogens with zero attached hydrogens (tertiary/aromatic N) is 1. The second kappa shape index (κ2) is 5.82. The third-order valence-corrected chi connectivity index (χ3v) is 5.58. The van der Waals surface area contributed by atoms with Gasteiger partial charge in [0.2, 0.25) is 0 Å². The van der Waals surface area contributed by atoms with Crippen LogP contribution in [0.4, 0.5) is 4.39 Å². The van der Waals surface area contributed by atoms with E-state index in [0.29, 0.717) is 11.4 Å². The normalized spacial score (nSPS) is 18.8. The Morgan fingerprint density at radius 2 is 2.05 bits per heavy atom. The Balaban J connectivity index is 2.05. The maximum absolute atomic E-state index is 14.6. The molecule has 0 amide bonds. The Hall–Kier alpha value is -1.13. The van der Waals surface area contributed by atoms with Gasteiger partial charge in [-0.1, -0.05) is 44.7 Å². The van der Waals surface area contributed by atoms with Crippen LogP contribution in [0, 0.1) is 17.2 Å². The molecule has 1 atom stereocenters. The minimum Gasteiger partial charge on any atom is -0.388 e. The lowest BCUT2D eigenvalue weighted by atomic mass is 9.66. The fraction of sp³-hybridized carbons (Fsp3) is 0.588. The topological polar surface area (TPSA) is 48.9 Å². The van der Waals surface area contributed by atoms with Gasteiger partial charge in [-0.05, 0) is 30.2 Å². The molecule has 3 nitrogen and oxygen atoms in total.